The van der Waals surface area contributed by atoms with Gasteiger partial charge in [-0.15, -0.1) is 0 Å². The SMILES string of the molecule is CSCCC(CC(=O)O)N1CCOCC1. The van der Waals surface area contributed by atoms with Gasteiger partial charge in [0.2, 0.25) is 0 Å². The van der Waals surface area contributed by atoms with Gasteiger partial charge in [-0.05, 0) is 18.4 Å². The number of hydrogen-bond donors (Lipinski definition) is 1. The third kappa shape index (κ3) is 4.86. The van der Waals surface area contributed by atoms with Crippen molar-refractivity contribution in [3.63, 3.8) is 0 Å². The van der Waals surface area contributed by atoms with Gasteiger partial charge in [-0.2, -0.15) is 11.8 Å². The van der Waals surface area contributed by atoms with Crippen LogP contribution in [0.2, 0.25) is 0 Å². The van der Waals surface area contributed by atoms with Gasteiger partial charge in [0.05, 0.1) is 19.6 Å². The molecule has 0 saturated carbocycles. The minimum Gasteiger partial charge on any atom is -0.481 e. The molecule has 0 amide bonds. The highest BCUT2D eigenvalue weighted by Crippen LogP contribution is 2.13. The molecule has 0 aromatic rings. The molecule has 1 aliphatic rings. The number of hydrogen-bond acceptors (Lipinski definition) is 4. The molecular formula is C10H19NO3S. The van der Waals surface area contributed by atoms with E-state index in [1.165, 1.54) is 0 Å². The van der Waals surface area contributed by atoms with Gasteiger partial charge in [0.25, 0.3) is 0 Å². The second-order valence-corrected chi connectivity index (χ2v) is 4.67. The highest BCUT2D eigenvalue weighted by Gasteiger charge is 2.22. The first-order valence-corrected chi connectivity index (χ1v) is 6.66. The number of carbonyl (C=O) groups is 1. The molecule has 4 nitrogen and oxygen atoms in total. The molecule has 1 unspecified atom stereocenters. The molecule has 0 aromatic heterocycles. The number of nitrogens with zero attached hydrogens (tertiary/aromatic N) is 1. The topological polar surface area (TPSA) is 49.8 Å². The van der Waals surface area contributed by atoms with E-state index < -0.39 is 5.97 Å². The molecule has 0 aliphatic carbocycles. The monoisotopic (exact) mass is 233 g/mol. The van der Waals surface area contributed by atoms with Gasteiger partial charge in [-0.1, -0.05) is 0 Å². The van der Waals surface area contributed by atoms with E-state index in [0.717, 1.165) is 38.5 Å². The second kappa shape index (κ2) is 7.09. The van der Waals surface area contributed by atoms with Gasteiger partial charge in [-0.25, -0.2) is 0 Å². The summed E-state index contributed by atoms with van der Waals surface area (Å²) in [5, 5.41) is 8.85. The summed E-state index contributed by atoms with van der Waals surface area (Å²) < 4.78 is 5.27. The normalized spacial score (nSPS) is 20.1. The van der Waals surface area contributed by atoms with Crippen molar-refractivity contribution in [3.05, 3.63) is 0 Å². The Labute approximate surface area is 95.0 Å². The van der Waals surface area contributed by atoms with Crippen LogP contribution in [-0.2, 0) is 9.53 Å². The van der Waals surface area contributed by atoms with Crippen molar-refractivity contribution in [2.24, 2.45) is 0 Å². The lowest BCUT2D eigenvalue weighted by atomic mass is 10.1. The number of carboxylic acid groups (broad SMARTS) is 1. The lowest BCUT2D eigenvalue weighted by Crippen LogP contribution is -2.44. The van der Waals surface area contributed by atoms with Crippen molar-refractivity contribution < 1.29 is 14.6 Å². The Morgan fingerprint density at radius 3 is 2.73 bits per heavy atom. The standard InChI is InChI=1S/C10H19NO3S/c1-15-7-2-9(8-10(12)13)11-3-5-14-6-4-11/h9H,2-8H2,1H3,(H,12,13). The Kier molecular flexibility index (Phi) is 6.05. The van der Waals surface area contributed by atoms with Crippen LogP contribution in [0.4, 0.5) is 0 Å². The predicted octanol–water partition coefficient (Wildman–Crippen LogP) is 0.915. The molecule has 0 radical (unpaired) electrons. The van der Waals surface area contributed by atoms with Crippen molar-refractivity contribution in [3.8, 4) is 0 Å². The fraction of sp³-hybridized carbons (Fsp3) is 0.900. The maximum atomic E-state index is 10.8. The van der Waals surface area contributed by atoms with E-state index in [1.54, 1.807) is 11.8 Å². The summed E-state index contributed by atoms with van der Waals surface area (Å²) in [6, 6.07) is 0.179. The molecule has 1 aliphatic heterocycles. The summed E-state index contributed by atoms with van der Waals surface area (Å²) in [5.74, 6) is 0.322. The fourth-order valence-electron chi connectivity index (χ4n) is 1.81. The van der Waals surface area contributed by atoms with Crippen LogP contribution in [0.3, 0.4) is 0 Å². The smallest absolute Gasteiger partial charge is 0.304 e. The lowest BCUT2D eigenvalue weighted by Gasteiger charge is -2.33. The van der Waals surface area contributed by atoms with Gasteiger partial charge >= 0.3 is 5.97 Å². The van der Waals surface area contributed by atoms with Crippen molar-refractivity contribution in [1.29, 1.82) is 0 Å². The van der Waals surface area contributed by atoms with E-state index in [9.17, 15) is 4.79 Å². The van der Waals surface area contributed by atoms with E-state index in [4.69, 9.17) is 9.84 Å². The molecule has 1 N–H and O–H groups in total. The second-order valence-electron chi connectivity index (χ2n) is 3.68. The van der Waals surface area contributed by atoms with Crippen LogP contribution in [0.15, 0.2) is 0 Å². The van der Waals surface area contributed by atoms with Crippen LogP contribution >= 0.6 is 11.8 Å². The zero-order valence-electron chi connectivity index (χ0n) is 9.15. The van der Waals surface area contributed by atoms with Gasteiger partial charge in [0.1, 0.15) is 0 Å². The molecule has 1 rings (SSSR count). The first-order valence-electron chi connectivity index (χ1n) is 5.26. The molecule has 5 heteroatoms. The number of morpholine rings is 1. The minimum atomic E-state index is -0.701. The minimum absolute atomic E-state index is 0.179. The Morgan fingerprint density at radius 2 is 2.20 bits per heavy atom. The summed E-state index contributed by atoms with van der Waals surface area (Å²) in [7, 11) is 0. The lowest BCUT2D eigenvalue weighted by molar-refractivity contribution is -0.139. The van der Waals surface area contributed by atoms with Gasteiger partial charge in [-0.3, -0.25) is 9.69 Å². The number of aliphatic carboxylic acids is 1. The molecule has 88 valence electrons. The average molecular weight is 233 g/mol. The highest BCUT2D eigenvalue weighted by molar-refractivity contribution is 7.98. The van der Waals surface area contributed by atoms with Crippen molar-refractivity contribution in [2.45, 2.75) is 18.9 Å². The van der Waals surface area contributed by atoms with E-state index in [2.05, 4.69) is 11.2 Å². The average Bonchev–Trinajstić information content (AvgIpc) is 2.25. The number of thioether (sulfide) groups is 1. The summed E-state index contributed by atoms with van der Waals surface area (Å²) in [6.45, 7) is 3.20. The molecule has 0 aromatic carbocycles. The fourth-order valence-corrected chi connectivity index (χ4v) is 2.32. The van der Waals surface area contributed by atoms with E-state index >= 15 is 0 Å². The quantitative estimate of drug-likeness (QED) is 0.739. The molecule has 1 saturated heterocycles. The summed E-state index contributed by atoms with van der Waals surface area (Å²) in [5.41, 5.74) is 0. The summed E-state index contributed by atoms with van der Waals surface area (Å²) in [6.07, 6.45) is 3.26. The van der Waals surface area contributed by atoms with Crippen LogP contribution < -0.4 is 0 Å². The van der Waals surface area contributed by atoms with Crippen LogP contribution in [0, 0.1) is 0 Å². The molecule has 0 bridgehead atoms. The van der Waals surface area contributed by atoms with Gasteiger partial charge in [0, 0.05) is 19.1 Å². The summed E-state index contributed by atoms with van der Waals surface area (Å²) in [4.78, 5) is 13.0. The first kappa shape index (κ1) is 12.8. The van der Waals surface area contributed by atoms with Crippen LogP contribution in [0.1, 0.15) is 12.8 Å². The molecule has 1 heterocycles. The van der Waals surface area contributed by atoms with Gasteiger partial charge in [0.15, 0.2) is 0 Å². The molecule has 15 heavy (non-hydrogen) atoms. The van der Waals surface area contributed by atoms with Gasteiger partial charge < -0.3 is 9.84 Å². The molecule has 0 spiro atoms. The summed E-state index contributed by atoms with van der Waals surface area (Å²) >= 11 is 1.77. The zero-order chi connectivity index (χ0) is 11.1. The van der Waals surface area contributed by atoms with Crippen LogP contribution in [0.25, 0.3) is 0 Å². The van der Waals surface area contributed by atoms with E-state index in [1.807, 2.05) is 0 Å². The Morgan fingerprint density at radius 1 is 1.53 bits per heavy atom. The number of rotatable bonds is 6. The zero-order valence-corrected chi connectivity index (χ0v) is 9.96. The number of ether oxygens (including phenoxy) is 1. The van der Waals surface area contributed by atoms with Crippen molar-refractivity contribution in [1.82, 2.24) is 4.90 Å². The third-order valence-electron chi connectivity index (χ3n) is 2.63. The molecule has 1 fully saturated rings. The van der Waals surface area contributed by atoms with Crippen molar-refractivity contribution >= 4 is 17.7 Å². The van der Waals surface area contributed by atoms with E-state index in [-0.39, 0.29) is 12.5 Å². The highest BCUT2D eigenvalue weighted by atomic mass is 32.2. The van der Waals surface area contributed by atoms with E-state index in [0.29, 0.717) is 0 Å². The Balaban J connectivity index is 2.41. The first-order chi connectivity index (χ1) is 7.24. The Hall–Kier alpha value is -0.260. The van der Waals surface area contributed by atoms with Crippen LogP contribution in [0.5, 0.6) is 0 Å². The Bertz CT molecular complexity index is 195. The maximum absolute atomic E-state index is 10.8. The number of carboxylic acids is 1. The largest absolute Gasteiger partial charge is 0.481 e. The van der Waals surface area contributed by atoms with Crippen molar-refractivity contribution in [2.75, 3.05) is 38.3 Å². The van der Waals surface area contributed by atoms with Crippen LogP contribution in [-0.4, -0.2) is 60.3 Å². The molecular weight excluding hydrogens is 214 g/mol. The maximum Gasteiger partial charge on any atom is 0.304 e. The predicted molar refractivity (Wildman–Crippen MR) is 61.4 cm³/mol. The molecule has 1 atom stereocenters. The third-order valence-corrected chi connectivity index (χ3v) is 3.27.